The topological polar surface area (TPSA) is 80.4 Å². The van der Waals surface area contributed by atoms with Crippen molar-refractivity contribution in [3.8, 4) is 12.1 Å². The number of carbonyl (C=O) groups excluding carboxylic acids is 1. The van der Waals surface area contributed by atoms with Crippen molar-refractivity contribution in [2.45, 2.75) is 51.8 Å². The molecular formula is C25H28N4O3. The number of benzene rings is 2. The highest BCUT2D eigenvalue weighted by atomic mass is 16.6. The van der Waals surface area contributed by atoms with Gasteiger partial charge in [0, 0.05) is 6.54 Å². The number of aromatic nitrogens is 2. The quantitative estimate of drug-likeness (QED) is 0.582. The predicted molar refractivity (Wildman–Crippen MR) is 121 cm³/mol. The fraction of sp³-hybridized carbons (Fsp3) is 0.400. The zero-order chi connectivity index (χ0) is 22.7. The second-order valence-electron chi connectivity index (χ2n) is 9.02. The van der Waals surface area contributed by atoms with Crippen LogP contribution in [-0.2, 0) is 11.3 Å². The van der Waals surface area contributed by atoms with E-state index in [2.05, 4.69) is 11.1 Å². The fourth-order valence-corrected chi connectivity index (χ4v) is 3.99. The maximum atomic E-state index is 12.6. The van der Waals surface area contributed by atoms with Crippen molar-refractivity contribution in [1.29, 1.82) is 5.26 Å². The summed E-state index contributed by atoms with van der Waals surface area (Å²) < 4.78 is 13.7. The maximum Gasteiger partial charge on any atom is 0.410 e. The van der Waals surface area contributed by atoms with E-state index in [0.29, 0.717) is 31.3 Å². The molecule has 1 atom stereocenters. The first-order chi connectivity index (χ1) is 15.4. The molecule has 0 spiro atoms. The van der Waals surface area contributed by atoms with Crippen molar-refractivity contribution in [2.24, 2.45) is 0 Å². The van der Waals surface area contributed by atoms with Crippen molar-refractivity contribution in [1.82, 2.24) is 14.5 Å². The Balaban J connectivity index is 1.56. The number of imidazole rings is 1. The maximum absolute atomic E-state index is 12.6. The van der Waals surface area contributed by atoms with Gasteiger partial charge in [0.05, 0.1) is 35.3 Å². The van der Waals surface area contributed by atoms with Crippen LogP contribution in [0.1, 0.15) is 44.7 Å². The first kappa shape index (κ1) is 21.7. The Morgan fingerprint density at radius 3 is 2.72 bits per heavy atom. The van der Waals surface area contributed by atoms with E-state index in [4.69, 9.17) is 9.47 Å². The summed E-state index contributed by atoms with van der Waals surface area (Å²) >= 11 is 0. The molecule has 1 fully saturated rings. The van der Waals surface area contributed by atoms with E-state index in [0.717, 1.165) is 29.4 Å². The Morgan fingerprint density at radius 1 is 1.19 bits per heavy atom. The zero-order valence-corrected chi connectivity index (χ0v) is 18.7. The van der Waals surface area contributed by atoms with E-state index >= 15 is 0 Å². The molecule has 1 unspecified atom stereocenters. The summed E-state index contributed by atoms with van der Waals surface area (Å²) in [6.07, 6.45) is 1.47. The van der Waals surface area contributed by atoms with Gasteiger partial charge in [-0.25, -0.2) is 4.79 Å². The van der Waals surface area contributed by atoms with E-state index in [1.807, 2.05) is 73.9 Å². The smallest absolute Gasteiger partial charge is 0.410 e. The lowest BCUT2D eigenvalue weighted by Crippen LogP contribution is -2.42. The van der Waals surface area contributed by atoms with Crippen molar-refractivity contribution in [2.75, 3.05) is 13.2 Å². The molecule has 1 aliphatic heterocycles. The van der Waals surface area contributed by atoms with Gasteiger partial charge >= 0.3 is 6.09 Å². The third kappa shape index (κ3) is 4.70. The summed E-state index contributed by atoms with van der Waals surface area (Å²) in [5.74, 6) is 0. The molecule has 1 amide bonds. The van der Waals surface area contributed by atoms with Gasteiger partial charge in [-0.3, -0.25) is 4.57 Å². The van der Waals surface area contributed by atoms with Gasteiger partial charge in [0.1, 0.15) is 12.2 Å². The average molecular weight is 433 g/mol. The molecule has 7 heteroatoms. The Morgan fingerprint density at radius 2 is 1.94 bits per heavy atom. The van der Waals surface area contributed by atoms with Gasteiger partial charge in [-0.15, -0.1) is 0 Å². The first-order valence-corrected chi connectivity index (χ1v) is 10.9. The molecule has 4 rings (SSSR count). The molecule has 2 heterocycles. The normalized spacial score (nSPS) is 16.2. The van der Waals surface area contributed by atoms with Crippen LogP contribution in [-0.4, -0.2) is 45.3 Å². The zero-order valence-electron chi connectivity index (χ0n) is 18.7. The molecule has 0 aliphatic carbocycles. The Hall–Kier alpha value is -3.53. The van der Waals surface area contributed by atoms with Gasteiger partial charge in [0.15, 0.2) is 0 Å². The number of fused-ring (bicyclic) bond motifs is 1. The molecule has 1 aromatic heterocycles. The minimum absolute atomic E-state index is 0.0653. The molecule has 0 radical (unpaired) electrons. The van der Waals surface area contributed by atoms with Gasteiger partial charge in [0.2, 0.25) is 0 Å². The highest BCUT2D eigenvalue weighted by molar-refractivity contribution is 5.76. The minimum Gasteiger partial charge on any atom is -0.462 e. The van der Waals surface area contributed by atoms with E-state index < -0.39 is 5.60 Å². The Labute approximate surface area is 188 Å². The van der Waals surface area contributed by atoms with Gasteiger partial charge in [0.25, 0.3) is 6.01 Å². The largest absolute Gasteiger partial charge is 0.462 e. The number of rotatable bonds is 5. The third-order valence-corrected chi connectivity index (χ3v) is 5.50. The lowest BCUT2D eigenvalue weighted by Gasteiger charge is -2.28. The molecule has 7 nitrogen and oxygen atoms in total. The van der Waals surface area contributed by atoms with Crippen LogP contribution in [0.5, 0.6) is 6.01 Å². The lowest BCUT2D eigenvalue weighted by molar-refractivity contribution is 0.0183. The van der Waals surface area contributed by atoms with Crippen LogP contribution in [0.2, 0.25) is 0 Å². The van der Waals surface area contributed by atoms with Crippen molar-refractivity contribution >= 4 is 17.1 Å². The SMILES string of the molecule is CC(C)(C)OC(=O)N1CCCC1COc1nc2ccccc2n1Cc1ccccc1C#N. The van der Waals surface area contributed by atoms with Crippen LogP contribution < -0.4 is 4.74 Å². The van der Waals surface area contributed by atoms with Crippen LogP contribution in [0.3, 0.4) is 0 Å². The molecule has 0 N–H and O–H groups in total. The number of para-hydroxylation sites is 2. The van der Waals surface area contributed by atoms with E-state index in [9.17, 15) is 10.1 Å². The number of nitriles is 1. The number of nitrogens with zero attached hydrogens (tertiary/aromatic N) is 4. The highest BCUT2D eigenvalue weighted by Crippen LogP contribution is 2.26. The first-order valence-electron chi connectivity index (χ1n) is 10.9. The number of hydrogen-bond acceptors (Lipinski definition) is 5. The summed E-state index contributed by atoms with van der Waals surface area (Å²) in [5.41, 5.74) is 2.76. The van der Waals surface area contributed by atoms with Gasteiger partial charge in [-0.05, 0) is 57.4 Å². The molecule has 3 aromatic rings. The van der Waals surface area contributed by atoms with E-state index in [1.54, 1.807) is 4.90 Å². The minimum atomic E-state index is -0.535. The third-order valence-electron chi connectivity index (χ3n) is 5.50. The van der Waals surface area contributed by atoms with Crippen LogP contribution in [0.25, 0.3) is 11.0 Å². The Bertz CT molecular complexity index is 1160. The van der Waals surface area contributed by atoms with E-state index in [-0.39, 0.29) is 12.1 Å². The van der Waals surface area contributed by atoms with E-state index in [1.165, 1.54) is 0 Å². The van der Waals surface area contributed by atoms with Crippen LogP contribution in [0.4, 0.5) is 4.79 Å². The number of carbonyl (C=O) groups is 1. The van der Waals surface area contributed by atoms with Gasteiger partial charge in [-0.1, -0.05) is 30.3 Å². The van der Waals surface area contributed by atoms with Crippen molar-refractivity contribution in [3.05, 3.63) is 59.7 Å². The van der Waals surface area contributed by atoms with Crippen LogP contribution >= 0.6 is 0 Å². The van der Waals surface area contributed by atoms with Crippen molar-refractivity contribution < 1.29 is 14.3 Å². The molecule has 2 aromatic carbocycles. The monoisotopic (exact) mass is 432 g/mol. The molecule has 0 saturated carbocycles. The molecule has 1 saturated heterocycles. The standard InChI is InChI=1S/C25H28N4O3/c1-25(2,3)32-24(30)28-14-8-11-20(28)17-31-23-27-21-12-6-7-13-22(21)29(23)16-19-10-5-4-9-18(19)15-26/h4-7,9-10,12-13,20H,8,11,14,16-17H2,1-3H3. The average Bonchev–Trinajstić information content (AvgIpc) is 3.36. The highest BCUT2D eigenvalue weighted by Gasteiger charge is 2.33. The number of likely N-dealkylation sites (tertiary alicyclic amines) is 1. The van der Waals surface area contributed by atoms with Gasteiger partial charge in [-0.2, -0.15) is 10.2 Å². The number of hydrogen-bond donors (Lipinski definition) is 0. The molecule has 0 bridgehead atoms. The summed E-state index contributed by atoms with van der Waals surface area (Å²) in [7, 11) is 0. The number of amides is 1. The lowest BCUT2D eigenvalue weighted by atomic mass is 10.1. The molecule has 166 valence electrons. The summed E-state index contributed by atoms with van der Waals surface area (Å²) in [6, 6.07) is 18.0. The molecular weight excluding hydrogens is 404 g/mol. The summed E-state index contributed by atoms with van der Waals surface area (Å²) in [6.45, 7) is 7.08. The van der Waals surface area contributed by atoms with Crippen LogP contribution in [0.15, 0.2) is 48.5 Å². The fourth-order valence-electron chi connectivity index (χ4n) is 3.99. The summed E-state index contributed by atoms with van der Waals surface area (Å²) in [4.78, 5) is 19.0. The summed E-state index contributed by atoms with van der Waals surface area (Å²) in [5, 5.41) is 9.48. The van der Waals surface area contributed by atoms with Crippen molar-refractivity contribution in [3.63, 3.8) is 0 Å². The van der Waals surface area contributed by atoms with Gasteiger partial charge < -0.3 is 14.4 Å². The second-order valence-corrected chi connectivity index (χ2v) is 9.02. The van der Waals surface area contributed by atoms with Crippen LogP contribution in [0, 0.1) is 11.3 Å². The predicted octanol–water partition coefficient (Wildman–Crippen LogP) is 4.73. The second kappa shape index (κ2) is 8.91. The number of ether oxygens (including phenoxy) is 2. The molecule has 1 aliphatic rings. The Kier molecular flexibility index (Phi) is 6.04. The molecule has 32 heavy (non-hydrogen) atoms.